The van der Waals surface area contributed by atoms with E-state index < -0.39 is 23.5 Å². The number of hydrogen-bond donors (Lipinski definition) is 2. The molecule has 2 aromatic rings. The van der Waals surface area contributed by atoms with E-state index in [9.17, 15) is 19.5 Å². The molecule has 0 radical (unpaired) electrons. The summed E-state index contributed by atoms with van der Waals surface area (Å²) >= 11 is 0. The maximum Gasteiger partial charge on any atom is 0.408 e. The van der Waals surface area contributed by atoms with Crippen molar-refractivity contribution in [3.05, 3.63) is 59.7 Å². The molecule has 2 N–H and O–H groups in total. The third-order valence-electron chi connectivity index (χ3n) is 7.93. The molecule has 0 aromatic heterocycles. The first kappa shape index (κ1) is 20.3. The van der Waals surface area contributed by atoms with Crippen LogP contribution in [0.1, 0.15) is 49.1 Å². The summed E-state index contributed by atoms with van der Waals surface area (Å²) in [6.45, 7) is 0.195. The van der Waals surface area contributed by atoms with E-state index in [0.717, 1.165) is 28.7 Å². The van der Waals surface area contributed by atoms with Gasteiger partial charge in [0.25, 0.3) is 0 Å². The second kappa shape index (κ2) is 7.33. The van der Waals surface area contributed by atoms with Crippen LogP contribution in [0.25, 0.3) is 11.1 Å². The van der Waals surface area contributed by atoms with Gasteiger partial charge in [-0.15, -0.1) is 0 Å². The summed E-state index contributed by atoms with van der Waals surface area (Å²) in [7, 11) is 0. The van der Waals surface area contributed by atoms with Crippen LogP contribution >= 0.6 is 0 Å². The lowest BCUT2D eigenvalue weighted by atomic mass is 9.89. The molecule has 2 amide bonds. The van der Waals surface area contributed by atoms with Crippen LogP contribution < -0.4 is 5.32 Å². The first-order chi connectivity index (χ1) is 16.0. The van der Waals surface area contributed by atoms with Gasteiger partial charge in [0.05, 0.1) is 5.92 Å². The molecule has 0 spiro atoms. The number of aliphatic carboxylic acids is 1. The van der Waals surface area contributed by atoms with E-state index in [2.05, 4.69) is 29.6 Å². The topological polar surface area (TPSA) is 95.9 Å². The van der Waals surface area contributed by atoms with Crippen molar-refractivity contribution in [3.63, 3.8) is 0 Å². The lowest BCUT2D eigenvalue weighted by Crippen LogP contribution is -2.53. The van der Waals surface area contributed by atoms with Gasteiger partial charge in [-0.05, 0) is 54.4 Å². The van der Waals surface area contributed by atoms with E-state index in [1.54, 1.807) is 4.90 Å². The maximum atomic E-state index is 13.3. The summed E-state index contributed by atoms with van der Waals surface area (Å²) in [6, 6.07) is 16.0. The third-order valence-corrected chi connectivity index (χ3v) is 7.93. The smallest absolute Gasteiger partial charge is 0.408 e. The molecule has 33 heavy (non-hydrogen) atoms. The highest BCUT2D eigenvalue weighted by Gasteiger charge is 2.60. The number of alkyl carbamates (subject to hydrolysis) is 1. The van der Waals surface area contributed by atoms with Crippen molar-refractivity contribution < 1.29 is 24.2 Å². The molecule has 3 atom stereocenters. The first-order valence-electron chi connectivity index (χ1n) is 11.7. The Balaban J connectivity index is 1.13. The number of benzene rings is 2. The summed E-state index contributed by atoms with van der Waals surface area (Å²) in [5.74, 6) is -1.53. The Morgan fingerprint density at radius 2 is 1.64 bits per heavy atom. The first-order valence-corrected chi connectivity index (χ1v) is 11.7. The Morgan fingerprint density at radius 1 is 1.00 bits per heavy atom. The van der Waals surface area contributed by atoms with Crippen molar-refractivity contribution in [2.24, 2.45) is 5.92 Å². The summed E-state index contributed by atoms with van der Waals surface area (Å²) in [6.07, 6.45) is 2.58. The average molecular weight is 447 g/mol. The van der Waals surface area contributed by atoms with Gasteiger partial charge in [0.15, 0.2) is 0 Å². The van der Waals surface area contributed by atoms with E-state index >= 15 is 0 Å². The Hall–Kier alpha value is -3.35. The van der Waals surface area contributed by atoms with Crippen molar-refractivity contribution >= 4 is 18.0 Å². The molecule has 2 aliphatic heterocycles. The van der Waals surface area contributed by atoms with Crippen molar-refractivity contribution in [2.75, 3.05) is 6.61 Å². The Labute approximate surface area is 191 Å². The van der Waals surface area contributed by atoms with E-state index in [1.807, 2.05) is 24.3 Å². The number of hydrogen-bond acceptors (Lipinski definition) is 4. The Bertz CT molecular complexity index is 1110. The van der Waals surface area contributed by atoms with E-state index in [-0.39, 0.29) is 30.5 Å². The van der Waals surface area contributed by atoms with Crippen LogP contribution in [0.2, 0.25) is 0 Å². The molecule has 7 heteroatoms. The average Bonchev–Trinajstić information content (AvgIpc) is 3.22. The zero-order chi connectivity index (χ0) is 22.7. The van der Waals surface area contributed by atoms with Gasteiger partial charge in [0.2, 0.25) is 5.91 Å². The highest BCUT2D eigenvalue weighted by Crippen LogP contribution is 2.47. The second-order valence-electron chi connectivity index (χ2n) is 9.72. The van der Waals surface area contributed by atoms with Crippen LogP contribution in [-0.4, -0.2) is 52.2 Å². The molecule has 6 rings (SSSR count). The minimum Gasteiger partial charge on any atom is -0.481 e. The van der Waals surface area contributed by atoms with Crippen LogP contribution in [0, 0.1) is 5.92 Å². The summed E-state index contributed by atoms with van der Waals surface area (Å²) in [5, 5.41) is 12.3. The third kappa shape index (κ3) is 3.13. The fourth-order valence-corrected chi connectivity index (χ4v) is 6.16. The number of carbonyl (C=O) groups excluding carboxylic acids is 2. The second-order valence-corrected chi connectivity index (χ2v) is 9.72. The highest BCUT2D eigenvalue weighted by atomic mass is 16.5. The van der Waals surface area contributed by atoms with Gasteiger partial charge in [-0.2, -0.15) is 0 Å². The van der Waals surface area contributed by atoms with Gasteiger partial charge >= 0.3 is 12.1 Å². The zero-order valence-electron chi connectivity index (χ0n) is 18.2. The number of carbonyl (C=O) groups is 3. The predicted octanol–water partition coefficient (Wildman–Crippen LogP) is 3.52. The lowest BCUT2D eigenvalue weighted by Gasteiger charge is -2.28. The maximum absolute atomic E-state index is 13.3. The van der Waals surface area contributed by atoms with Crippen molar-refractivity contribution in [3.8, 4) is 11.1 Å². The summed E-state index contributed by atoms with van der Waals surface area (Å²) in [4.78, 5) is 39.4. The Kier molecular flexibility index (Phi) is 4.50. The molecule has 1 saturated carbocycles. The molecular weight excluding hydrogens is 420 g/mol. The highest BCUT2D eigenvalue weighted by molar-refractivity contribution is 5.94. The number of fused-ring (bicyclic) bond motifs is 5. The molecular formula is C26H26N2O5. The van der Waals surface area contributed by atoms with E-state index in [4.69, 9.17) is 4.74 Å². The van der Waals surface area contributed by atoms with Gasteiger partial charge in [-0.1, -0.05) is 48.5 Å². The molecule has 3 fully saturated rings. The van der Waals surface area contributed by atoms with Gasteiger partial charge in [0.1, 0.15) is 12.1 Å². The number of rotatable bonds is 5. The van der Waals surface area contributed by atoms with Crippen molar-refractivity contribution in [1.29, 1.82) is 0 Å². The normalized spacial score (nSPS) is 25.9. The summed E-state index contributed by atoms with van der Waals surface area (Å²) < 4.78 is 5.64. The van der Waals surface area contributed by atoms with Gasteiger partial charge in [-0.25, -0.2) is 4.79 Å². The standard InChI is InChI=1S/C26H26N2O5/c29-23(30)20-13-15-9-10-22(20)28(15)24(31)26(11-12-26)27-25(32)33-14-21-18-7-3-1-5-16(18)17-6-2-4-8-19(17)21/h1-8,15,20-22H,9-14H2,(H,27,32)(H,29,30). The monoisotopic (exact) mass is 446 g/mol. The SMILES string of the molecule is O=C(NC1(C(=O)N2C3CCC2C(C(=O)O)C3)CC1)OCC1c2ccccc2-c2ccccc21. The number of carboxylic acid groups (broad SMARTS) is 1. The van der Waals surface area contributed by atoms with Crippen molar-refractivity contribution in [2.45, 2.75) is 55.6 Å². The Morgan fingerprint density at radius 3 is 2.21 bits per heavy atom. The molecule has 2 aromatic carbocycles. The van der Waals surface area contributed by atoms with Crippen molar-refractivity contribution in [1.82, 2.24) is 10.2 Å². The van der Waals surface area contributed by atoms with Gasteiger partial charge in [-0.3, -0.25) is 9.59 Å². The number of carboxylic acids is 1. The quantitative estimate of drug-likeness (QED) is 0.733. The van der Waals surface area contributed by atoms with E-state index in [0.29, 0.717) is 25.7 Å². The molecule has 170 valence electrons. The zero-order valence-corrected chi connectivity index (χ0v) is 18.2. The van der Waals surface area contributed by atoms with Crippen LogP contribution in [0.4, 0.5) is 4.79 Å². The van der Waals surface area contributed by atoms with Gasteiger partial charge < -0.3 is 20.1 Å². The fraction of sp³-hybridized carbons (Fsp3) is 0.423. The van der Waals surface area contributed by atoms with E-state index in [1.165, 1.54) is 0 Å². The minimum atomic E-state index is -0.948. The number of amides is 2. The van der Waals surface area contributed by atoms with Crippen LogP contribution in [0.15, 0.2) is 48.5 Å². The van der Waals surface area contributed by atoms with Gasteiger partial charge in [0, 0.05) is 18.0 Å². The van der Waals surface area contributed by atoms with Crippen LogP contribution in [-0.2, 0) is 14.3 Å². The molecule has 3 unspecified atom stereocenters. The van der Waals surface area contributed by atoms with Crippen LogP contribution in [0.3, 0.4) is 0 Å². The molecule has 7 nitrogen and oxygen atoms in total. The largest absolute Gasteiger partial charge is 0.481 e. The number of ether oxygens (including phenoxy) is 1. The molecule has 2 saturated heterocycles. The molecule has 4 aliphatic rings. The number of nitrogens with zero attached hydrogens (tertiary/aromatic N) is 1. The molecule has 2 bridgehead atoms. The molecule has 2 heterocycles. The van der Waals surface area contributed by atoms with Crippen LogP contribution in [0.5, 0.6) is 0 Å². The fourth-order valence-electron chi connectivity index (χ4n) is 6.16. The minimum absolute atomic E-state index is 0.0367. The lowest BCUT2D eigenvalue weighted by molar-refractivity contribution is -0.143. The summed E-state index contributed by atoms with van der Waals surface area (Å²) in [5.41, 5.74) is 3.65. The predicted molar refractivity (Wildman–Crippen MR) is 120 cm³/mol. The number of nitrogens with one attached hydrogen (secondary N) is 1. The molecule has 2 aliphatic carbocycles.